The van der Waals surface area contributed by atoms with Crippen LogP contribution in [0.4, 0.5) is 10.5 Å². The number of carbonyl (C=O) groups excluding carboxylic acids is 2. The second-order valence-corrected chi connectivity index (χ2v) is 13.5. The van der Waals surface area contributed by atoms with Crippen molar-refractivity contribution in [3.63, 3.8) is 0 Å². The second kappa shape index (κ2) is 15.7. The number of hydrogen-bond donors (Lipinski definition) is 3. The fourth-order valence-electron chi connectivity index (χ4n) is 6.31. The van der Waals surface area contributed by atoms with Crippen molar-refractivity contribution in [3.8, 4) is 5.75 Å². The number of aliphatic hydroxyl groups is 1. The maximum atomic E-state index is 13.9. The van der Waals surface area contributed by atoms with E-state index in [9.17, 15) is 19.6 Å². The van der Waals surface area contributed by atoms with Crippen molar-refractivity contribution in [2.45, 2.75) is 88.6 Å². The van der Waals surface area contributed by atoms with E-state index in [4.69, 9.17) is 35.3 Å². The van der Waals surface area contributed by atoms with E-state index in [-0.39, 0.29) is 37.0 Å². The lowest BCUT2D eigenvalue weighted by Gasteiger charge is -2.42. The number of carbonyl (C=O) groups is 2. The van der Waals surface area contributed by atoms with Crippen LogP contribution < -0.4 is 15.0 Å². The Morgan fingerprint density at radius 2 is 2.00 bits per heavy atom. The minimum Gasteiger partial charge on any atom is -0.495 e. The summed E-state index contributed by atoms with van der Waals surface area (Å²) in [4.78, 5) is 40.7. The first-order valence-electron chi connectivity index (χ1n) is 15.8. The van der Waals surface area contributed by atoms with Gasteiger partial charge in [0.05, 0.1) is 25.3 Å². The zero-order chi connectivity index (χ0) is 34.5. The van der Waals surface area contributed by atoms with E-state index in [0.29, 0.717) is 30.0 Å². The van der Waals surface area contributed by atoms with Gasteiger partial charge in [0.15, 0.2) is 12.3 Å². The zero-order valence-corrected chi connectivity index (χ0v) is 29.5. The van der Waals surface area contributed by atoms with Crippen molar-refractivity contribution in [1.29, 1.82) is 0 Å². The summed E-state index contributed by atoms with van der Waals surface area (Å²) in [5.41, 5.74) is -0.500. The molecule has 2 amide bonds. The number of anilines is 1. The lowest BCUT2D eigenvalue weighted by atomic mass is 9.83. The van der Waals surface area contributed by atoms with E-state index in [1.165, 1.54) is 19.1 Å². The number of nitrogens with one attached hydrogen (secondary N) is 1. The van der Waals surface area contributed by atoms with Crippen LogP contribution in [-0.4, -0.2) is 97.9 Å². The first kappa shape index (κ1) is 37.1. The molecule has 0 spiro atoms. The summed E-state index contributed by atoms with van der Waals surface area (Å²) < 4.78 is 30.0. The van der Waals surface area contributed by atoms with E-state index in [2.05, 4.69) is 17.9 Å². The molecule has 1 aromatic carbocycles. The third-order valence-electron chi connectivity index (χ3n) is 9.19. The monoisotopic (exact) mass is 696 g/mol. The predicted octanol–water partition coefficient (Wildman–Crippen LogP) is 4.59. The molecule has 2 N–H and O–H groups in total. The predicted molar refractivity (Wildman–Crippen MR) is 180 cm³/mol. The van der Waals surface area contributed by atoms with Gasteiger partial charge in [0, 0.05) is 42.6 Å². The normalized spacial score (nSPS) is 31.4. The number of benzene rings is 1. The molecule has 12 nitrogen and oxygen atoms in total. The number of ether oxygens (including phenoxy) is 5. The minimum absolute atomic E-state index is 0.0121. The van der Waals surface area contributed by atoms with Gasteiger partial charge in [0.1, 0.15) is 34.7 Å². The fourth-order valence-corrected chi connectivity index (χ4v) is 6.85. The van der Waals surface area contributed by atoms with Crippen LogP contribution in [0.5, 0.6) is 5.75 Å². The summed E-state index contributed by atoms with van der Waals surface area (Å²) in [6.07, 6.45) is 3.35. The Hall–Kier alpha value is -2.68. The highest BCUT2D eigenvalue weighted by Gasteiger charge is 2.63. The van der Waals surface area contributed by atoms with Crippen LogP contribution in [0, 0.1) is 10.8 Å². The largest absolute Gasteiger partial charge is 0.495 e. The van der Waals surface area contributed by atoms with Gasteiger partial charge >= 0.3 is 6.09 Å². The molecule has 3 aliphatic heterocycles. The van der Waals surface area contributed by atoms with E-state index in [1.807, 2.05) is 39.0 Å². The van der Waals surface area contributed by atoms with Crippen molar-refractivity contribution in [1.82, 2.24) is 5.32 Å². The molecule has 0 saturated carbocycles. The topological polar surface area (TPSA) is 139 Å². The van der Waals surface area contributed by atoms with Gasteiger partial charge in [-0.15, -0.1) is 0 Å². The molecule has 0 aromatic heterocycles. The SMILES string of the molecule is COc1cc2cc(c1Cl)N(C)C(=O)CC(OC[N+](=O)CCCCS)C1(C)OC1C(C)C1CC(O)(NC(=O)O1)C(OC)C=CC=C(C)C2. The Morgan fingerprint density at radius 1 is 1.26 bits per heavy atom. The molecule has 2 saturated heterocycles. The van der Waals surface area contributed by atoms with Crippen molar-refractivity contribution < 1.29 is 43.1 Å². The zero-order valence-electron chi connectivity index (χ0n) is 27.9. The molecule has 7 atom stereocenters. The number of allylic oxidation sites excluding steroid dienone is 3. The minimum atomic E-state index is -1.77. The van der Waals surface area contributed by atoms with Crippen LogP contribution in [-0.2, 0) is 30.2 Å². The number of methoxy groups -OCH3 is 2. The molecule has 3 aliphatic rings. The number of alkyl carbamates (subject to hydrolysis) is 1. The van der Waals surface area contributed by atoms with Gasteiger partial charge in [0.25, 0.3) is 6.73 Å². The van der Waals surface area contributed by atoms with Gasteiger partial charge in [-0.1, -0.05) is 42.3 Å². The third-order valence-corrected chi connectivity index (χ3v) is 9.88. The lowest BCUT2D eigenvalue weighted by Crippen LogP contribution is -2.63. The summed E-state index contributed by atoms with van der Waals surface area (Å²) >= 11 is 10.9. The van der Waals surface area contributed by atoms with Crippen LogP contribution in [0.3, 0.4) is 0 Å². The molecule has 3 heterocycles. The Balaban J connectivity index is 1.73. The first-order chi connectivity index (χ1) is 22.3. The molecular formula is C33H47ClN3O9S+. The summed E-state index contributed by atoms with van der Waals surface area (Å²) in [6.45, 7) is 5.60. The van der Waals surface area contributed by atoms with Crippen molar-refractivity contribution in [3.05, 3.63) is 51.4 Å². The van der Waals surface area contributed by atoms with Gasteiger partial charge < -0.3 is 33.7 Å². The maximum absolute atomic E-state index is 13.9. The van der Waals surface area contributed by atoms with Gasteiger partial charge in [-0.05, 0) is 50.1 Å². The van der Waals surface area contributed by atoms with Crippen LogP contribution in [0.25, 0.3) is 0 Å². The fraction of sp³-hybridized carbons (Fsp3) is 0.636. The van der Waals surface area contributed by atoms with Crippen LogP contribution in [0.1, 0.15) is 52.0 Å². The summed E-state index contributed by atoms with van der Waals surface area (Å²) in [6, 6.07) is 3.66. The molecule has 4 rings (SSSR count). The number of epoxide rings is 1. The average Bonchev–Trinajstić information content (AvgIpc) is 3.72. The summed E-state index contributed by atoms with van der Waals surface area (Å²) in [5, 5.41) is 14.5. The van der Waals surface area contributed by atoms with Crippen molar-refractivity contribution >= 4 is 41.9 Å². The van der Waals surface area contributed by atoms with Crippen LogP contribution in [0.2, 0.25) is 5.02 Å². The molecule has 14 heteroatoms. The molecule has 0 radical (unpaired) electrons. The van der Waals surface area contributed by atoms with Gasteiger partial charge in [-0.25, -0.2) is 4.79 Å². The van der Waals surface area contributed by atoms with Gasteiger partial charge in [-0.3, -0.25) is 10.1 Å². The smallest absolute Gasteiger partial charge is 0.409 e. The number of hydrogen-bond acceptors (Lipinski definition) is 10. The lowest BCUT2D eigenvalue weighted by molar-refractivity contribution is -0.591. The number of nitrogens with zero attached hydrogens (tertiary/aromatic N) is 2. The van der Waals surface area contributed by atoms with E-state index < -0.39 is 47.8 Å². The Morgan fingerprint density at radius 3 is 2.68 bits per heavy atom. The highest BCUT2D eigenvalue weighted by atomic mass is 35.5. The van der Waals surface area contributed by atoms with Gasteiger partial charge in [0.2, 0.25) is 5.91 Å². The number of amides is 2. The number of fused-ring (bicyclic) bond motifs is 5. The van der Waals surface area contributed by atoms with Gasteiger partial charge in [-0.2, -0.15) is 12.6 Å². The van der Waals surface area contributed by atoms with E-state index >= 15 is 0 Å². The number of unbranched alkanes of at least 4 members (excludes halogenated alkanes) is 1. The summed E-state index contributed by atoms with van der Waals surface area (Å²) in [5.74, 6) is 0.355. The molecule has 260 valence electrons. The molecule has 0 aliphatic carbocycles. The summed E-state index contributed by atoms with van der Waals surface area (Å²) in [7, 11) is 4.60. The Labute approximate surface area is 286 Å². The van der Waals surface area contributed by atoms with E-state index in [1.54, 1.807) is 19.2 Å². The number of nitroso groups, excluding NO2 is 1. The molecule has 7 unspecified atom stereocenters. The van der Waals surface area contributed by atoms with Crippen LogP contribution >= 0.6 is 24.2 Å². The average molecular weight is 697 g/mol. The quantitative estimate of drug-likeness (QED) is 0.111. The third kappa shape index (κ3) is 8.68. The number of rotatable bonds is 9. The first-order valence-corrected chi connectivity index (χ1v) is 16.8. The van der Waals surface area contributed by atoms with Crippen LogP contribution in [0.15, 0.2) is 35.9 Å². The second-order valence-electron chi connectivity index (χ2n) is 12.7. The van der Waals surface area contributed by atoms with E-state index in [0.717, 1.165) is 22.3 Å². The Kier molecular flexibility index (Phi) is 12.4. The molecular weight excluding hydrogens is 650 g/mol. The standard InChI is InChI=1S/C33H46ClN3O9S/c1-20-10-9-11-26(43-6)33(40)18-25(45-31(39)35-33)21(2)30-32(3,46-30)27(44-19-37(41)12-7-8-13-47)17-28(38)36(4)23-15-22(14-20)16-24(42-5)29(23)34/h9-11,15-16,21,25-27,30,40H,7-8,12-14,17-19H2,1-6H3,(H-,35,39,47)/p+1. The molecule has 4 bridgehead atoms. The highest BCUT2D eigenvalue weighted by Crippen LogP contribution is 2.49. The molecule has 47 heavy (non-hydrogen) atoms. The Bertz CT molecular complexity index is 1390. The molecule has 2 fully saturated rings. The highest BCUT2D eigenvalue weighted by molar-refractivity contribution is 7.80. The maximum Gasteiger partial charge on any atom is 0.409 e. The molecule has 1 aromatic rings. The number of thiol groups is 1. The van der Waals surface area contributed by atoms with Crippen molar-refractivity contribution in [2.75, 3.05) is 45.2 Å². The number of halogens is 1. The van der Waals surface area contributed by atoms with Crippen molar-refractivity contribution in [2.24, 2.45) is 5.92 Å².